The molecule has 6 nitrogen and oxygen atoms in total. The molecule has 1 aliphatic heterocycles. The first-order chi connectivity index (χ1) is 7.66. The van der Waals surface area contributed by atoms with E-state index in [4.69, 9.17) is 11.6 Å². The van der Waals surface area contributed by atoms with E-state index in [0.29, 0.717) is 0 Å². The van der Waals surface area contributed by atoms with Crippen LogP contribution < -0.4 is 0 Å². The molecule has 0 aliphatic carbocycles. The Bertz CT molecular complexity index is 369. The van der Waals surface area contributed by atoms with Crippen LogP contribution in [0.15, 0.2) is 0 Å². The molecule has 1 aliphatic rings. The molecule has 0 spiro atoms. The molecule has 1 fully saturated rings. The second-order valence-corrected chi connectivity index (χ2v) is 10.2. The predicted molar refractivity (Wildman–Crippen MR) is 66.6 cm³/mol. The van der Waals surface area contributed by atoms with Crippen LogP contribution in [-0.2, 0) is 0 Å². The Hall–Kier alpha value is -1.08. The van der Waals surface area contributed by atoms with E-state index in [1.54, 1.807) is 11.6 Å². The zero-order chi connectivity index (χ0) is 13.4. The molecule has 0 bridgehead atoms. The summed E-state index contributed by atoms with van der Waals surface area (Å²) in [5.74, 6) is 0. The monoisotopic (exact) mass is 277 g/mol. The molecular formula is C9H16ClN3O3Si. The van der Waals surface area contributed by atoms with Gasteiger partial charge in [0, 0.05) is 13.6 Å². The molecule has 0 atom stereocenters. The van der Waals surface area contributed by atoms with Gasteiger partial charge < -0.3 is 4.57 Å². The fourth-order valence-corrected chi connectivity index (χ4v) is 2.20. The average molecular weight is 278 g/mol. The van der Waals surface area contributed by atoms with Crippen molar-refractivity contribution in [3.05, 3.63) is 0 Å². The van der Waals surface area contributed by atoms with E-state index >= 15 is 0 Å². The summed E-state index contributed by atoms with van der Waals surface area (Å²) in [7, 11) is -0.143. The third-order valence-electron chi connectivity index (χ3n) is 2.75. The van der Waals surface area contributed by atoms with Gasteiger partial charge in [-0.2, -0.15) is 0 Å². The number of halogens is 1. The maximum Gasteiger partial charge on any atom is 0.335 e. The molecule has 1 saturated heterocycles. The van der Waals surface area contributed by atoms with Gasteiger partial charge in [-0.15, -0.1) is 0 Å². The van der Waals surface area contributed by atoms with Crippen LogP contribution in [0.25, 0.3) is 0 Å². The summed E-state index contributed by atoms with van der Waals surface area (Å²) in [4.78, 5) is 36.6. The lowest BCUT2D eigenvalue weighted by molar-refractivity contribution is 0.179. The smallest absolute Gasteiger partial charge is 0.335 e. The minimum absolute atomic E-state index is 0.159. The number of carbonyl (C=O) groups excluding carboxylic acids is 3. The SMILES string of the molecule is CN(C(=O)N1CCN(C(=O)Cl)C1=O)[Si](C)(C)C. The van der Waals surface area contributed by atoms with Gasteiger partial charge in [0.05, 0.1) is 6.54 Å². The molecule has 0 radical (unpaired) electrons. The molecule has 0 saturated carbocycles. The van der Waals surface area contributed by atoms with Crippen molar-refractivity contribution < 1.29 is 14.4 Å². The average Bonchev–Trinajstić information content (AvgIpc) is 2.56. The third-order valence-corrected chi connectivity index (χ3v) is 5.15. The van der Waals surface area contributed by atoms with Crippen molar-refractivity contribution in [2.45, 2.75) is 19.6 Å². The number of amides is 5. The zero-order valence-electron chi connectivity index (χ0n) is 10.4. The Morgan fingerprint density at radius 2 is 1.71 bits per heavy atom. The normalized spacial score (nSPS) is 16.4. The topological polar surface area (TPSA) is 60.9 Å². The van der Waals surface area contributed by atoms with Gasteiger partial charge in [-0.1, -0.05) is 19.6 Å². The van der Waals surface area contributed by atoms with Gasteiger partial charge in [-0.05, 0) is 11.6 Å². The summed E-state index contributed by atoms with van der Waals surface area (Å²) in [5, 5.41) is -0.846. The Labute approximate surface area is 106 Å². The van der Waals surface area contributed by atoms with E-state index in [9.17, 15) is 14.4 Å². The second kappa shape index (κ2) is 4.65. The van der Waals surface area contributed by atoms with Crippen LogP contribution in [0.4, 0.5) is 14.4 Å². The Kier molecular flexibility index (Phi) is 3.83. The van der Waals surface area contributed by atoms with Gasteiger partial charge in [0.2, 0.25) is 0 Å². The van der Waals surface area contributed by atoms with Crippen molar-refractivity contribution in [1.82, 2.24) is 14.4 Å². The van der Waals surface area contributed by atoms with Crippen molar-refractivity contribution >= 4 is 37.3 Å². The van der Waals surface area contributed by atoms with Crippen LogP contribution >= 0.6 is 11.6 Å². The van der Waals surface area contributed by atoms with E-state index < -0.39 is 19.6 Å². The fourth-order valence-electron chi connectivity index (χ4n) is 1.35. The first-order valence-electron chi connectivity index (χ1n) is 5.22. The first-order valence-corrected chi connectivity index (χ1v) is 9.05. The van der Waals surface area contributed by atoms with Crippen LogP contribution in [0.1, 0.15) is 0 Å². The van der Waals surface area contributed by atoms with Crippen molar-refractivity contribution in [3.8, 4) is 0 Å². The summed E-state index contributed by atoms with van der Waals surface area (Å²) in [6, 6.07) is -1.00. The Morgan fingerprint density at radius 1 is 1.24 bits per heavy atom. The van der Waals surface area contributed by atoms with Crippen molar-refractivity contribution in [3.63, 3.8) is 0 Å². The third kappa shape index (κ3) is 2.78. The number of urea groups is 2. The quantitative estimate of drug-likeness (QED) is 0.418. The molecule has 0 unspecified atom stereocenters. The van der Waals surface area contributed by atoms with Gasteiger partial charge in [-0.3, -0.25) is 4.79 Å². The highest BCUT2D eigenvalue weighted by Gasteiger charge is 2.39. The Morgan fingerprint density at radius 3 is 2.06 bits per heavy atom. The summed E-state index contributed by atoms with van der Waals surface area (Å²) < 4.78 is 1.59. The van der Waals surface area contributed by atoms with E-state index in [1.165, 1.54) is 0 Å². The maximum atomic E-state index is 12.1. The lowest BCUT2D eigenvalue weighted by atomic mass is 10.6. The van der Waals surface area contributed by atoms with E-state index in [2.05, 4.69) is 0 Å². The van der Waals surface area contributed by atoms with Gasteiger partial charge in [0.1, 0.15) is 0 Å². The highest BCUT2D eigenvalue weighted by atomic mass is 35.5. The number of rotatable bonds is 1. The molecular weight excluding hydrogens is 262 g/mol. The van der Waals surface area contributed by atoms with Crippen molar-refractivity contribution in [1.29, 1.82) is 0 Å². The first kappa shape index (κ1) is 14.0. The predicted octanol–water partition coefficient (Wildman–Crippen LogP) is 1.97. The largest absolute Gasteiger partial charge is 0.355 e. The van der Waals surface area contributed by atoms with Crippen LogP contribution in [-0.4, -0.2) is 60.2 Å². The van der Waals surface area contributed by atoms with E-state index in [0.717, 1.165) is 9.80 Å². The van der Waals surface area contributed by atoms with Gasteiger partial charge in [0.25, 0.3) is 0 Å². The molecule has 5 amide bonds. The van der Waals surface area contributed by atoms with E-state index in [1.807, 2.05) is 19.6 Å². The van der Waals surface area contributed by atoms with Gasteiger partial charge >= 0.3 is 17.4 Å². The molecule has 0 aromatic carbocycles. The molecule has 0 N–H and O–H groups in total. The second-order valence-electron chi connectivity index (χ2n) is 4.85. The molecule has 8 heteroatoms. The maximum absolute atomic E-state index is 12.1. The fraction of sp³-hybridized carbons (Fsp3) is 0.667. The molecule has 96 valence electrons. The van der Waals surface area contributed by atoms with Crippen molar-refractivity contribution in [2.24, 2.45) is 0 Å². The van der Waals surface area contributed by atoms with Crippen molar-refractivity contribution in [2.75, 3.05) is 20.1 Å². The van der Waals surface area contributed by atoms with Gasteiger partial charge in [-0.25, -0.2) is 19.4 Å². The molecule has 17 heavy (non-hydrogen) atoms. The number of imide groups is 2. The molecule has 1 heterocycles. The number of carbonyl (C=O) groups is 3. The molecule has 0 aromatic heterocycles. The number of nitrogens with zero attached hydrogens (tertiary/aromatic N) is 3. The van der Waals surface area contributed by atoms with Crippen LogP contribution in [0.3, 0.4) is 0 Å². The van der Waals surface area contributed by atoms with Crippen LogP contribution in [0.5, 0.6) is 0 Å². The highest BCUT2D eigenvalue weighted by Crippen LogP contribution is 2.16. The van der Waals surface area contributed by atoms with E-state index in [-0.39, 0.29) is 19.1 Å². The summed E-state index contributed by atoms with van der Waals surface area (Å²) >= 11 is 5.24. The summed E-state index contributed by atoms with van der Waals surface area (Å²) in [6.45, 7) is 6.35. The lowest BCUT2D eigenvalue weighted by Gasteiger charge is -2.32. The lowest BCUT2D eigenvalue weighted by Crippen LogP contribution is -2.53. The zero-order valence-corrected chi connectivity index (χ0v) is 12.1. The number of hydrogen-bond donors (Lipinski definition) is 0. The minimum atomic E-state index is -1.82. The molecule has 0 aromatic rings. The summed E-state index contributed by atoms with van der Waals surface area (Å²) in [5.41, 5.74) is 0. The van der Waals surface area contributed by atoms with Crippen LogP contribution in [0, 0.1) is 0 Å². The summed E-state index contributed by atoms with van der Waals surface area (Å²) in [6.07, 6.45) is 0. The highest BCUT2D eigenvalue weighted by molar-refractivity contribution is 6.75. The Balaban J connectivity index is 2.80. The number of hydrogen-bond acceptors (Lipinski definition) is 3. The standard InChI is InChI=1S/C9H16ClN3O3Si/c1-11(17(2,3)4)8(15)13-6-5-12(7(10)14)9(13)16/h5-6H2,1-4H3. The van der Waals surface area contributed by atoms with Gasteiger partial charge in [0.15, 0.2) is 8.24 Å². The minimum Gasteiger partial charge on any atom is -0.355 e. The molecule has 1 rings (SSSR count). The van der Waals surface area contributed by atoms with Crippen LogP contribution in [0.2, 0.25) is 19.6 Å².